The van der Waals surface area contributed by atoms with Crippen molar-refractivity contribution in [2.24, 2.45) is 0 Å². The molecule has 0 spiro atoms. The van der Waals surface area contributed by atoms with E-state index in [4.69, 9.17) is 0 Å². The van der Waals surface area contributed by atoms with E-state index in [0.29, 0.717) is 6.04 Å². The monoisotopic (exact) mass is 287 g/mol. The summed E-state index contributed by atoms with van der Waals surface area (Å²) >= 11 is 1.87. The first-order valence-electron chi connectivity index (χ1n) is 7.68. The van der Waals surface area contributed by atoms with Gasteiger partial charge in [-0.2, -0.15) is 0 Å². The number of rotatable bonds is 8. The van der Waals surface area contributed by atoms with Crippen LogP contribution in [0.1, 0.15) is 48.7 Å². The van der Waals surface area contributed by atoms with Crippen LogP contribution in [0.25, 0.3) is 0 Å². The second kappa shape index (κ2) is 8.23. The second-order valence-electron chi connectivity index (χ2n) is 5.18. The van der Waals surface area contributed by atoms with Crippen LogP contribution in [0.4, 0.5) is 0 Å². The van der Waals surface area contributed by atoms with E-state index in [0.717, 1.165) is 13.0 Å². The number of hydrogen-bond acceptors (Lipinski definition) is 2. The molecule has 1 N–H and O–H groups in total. The Balaban J connectivity index is 1.94. The highest BCUT2D eigenvalue weighted by atomic mass is 32.1. The fraction of sp³-hybridized carbons (Fsp3) is 0.444. The fourth-order valence-electron chi connectivity index (χ4n) is 2.60. The standard InChI is InChI=1S/C18H25NS/c1-3-15-8-5-9-16(14-15)18(19-4-2)12-6-10-17-11-7-13-20-17/h5,7-9,11,13-14,18-19H,3-4,6,10,12H2,1-2H3. The number of thiophene rings is 1. The van der Waals surface area contributed by atoms with E-state index in [-0.39, 0.29) is 0 Å². The molecule has 20 heavy (non-hydrogen) atoms. The average molecular weight is 287 g/mol. The van der Waals surface area contributed by atoms with E-state index in [2.05, 4.69) is 60.9 Å². The Morgan fingerprint density at radius 3 is 2.75 bits per heavy atom. The molecule has 1 aromatic carbocycles. The maximum atomic E-state index is 3.63. The second-order valence-corrected chi connectivity index (χ2v) is 6.21. The summed E-state index contributed by atoms with van der Waals surface area (Å²) < 4.78 is 0. The maximum Gasteiger partial charge on any atom is 0.0320 e. The normalized spacial score (nSPS) is 12.5. The molecule has 1 aromatic heterocycles. The lowest BCUT2D eigenvalue weighted by Crippen LogP contribution is -2.21. The van der Waals surface area contributed by atoms with Crippen LogP contribution in [-0.2, 0) is 12.8 Å². The molecule has 2 rings (SSSR count). The van der Waals surface area contributed by atoms with Crippen molar-refractivity contribution in [1.82, 2.24) is 5.32 Å². The topological polar surface area (TPSA) is 12.0 Å². The van der Waals surface area contributed by atoms with Crippen molar-refractivity contribution in [3.8, 4) is 0 Å². The van der Waals surface area contributed by atoms with Crippen LogP contribution in [-0.4, -0.2) is 6.54 Å². The van der Waals surface area contributed by atoms with Crippen LogP contribution in [0.5, 0.6) is 0 Å². The van der Waals surface area contributed by atoms with Crippen LogP contribution in [0.3, 0.4) is 0 Å². The molecule has 1 nitrogen and oxygen atoms in total. The summed E-state index contributed by atoms with van der Waals surface area (Å²) in [6.07, 6.45) is 4.77. The van der Waals surface area contributed by atoms with E-state index in [9.17, 15) is 0 Å². The molecule has 1 atom stereocenters. The lowest BCUT2D eigenvalue weighted by atomic mass is 9.98. The minimum atomic E-state index is 0.492. The molecule has 0 fully saturated rings. The quantitative estimate of drug-likeness (QED) is 0.721. The van der Waals surface area contributed by atoms with E-state index in [1.165, 1.54) is 35.3 Å². The summed E-state index contributed by atoms with van der Waals surface area (Å²) in [6.45, 7) is 5.44. The van der Waals surface area contributed by atoms with Gasteiger partial charge >= 0.3 is 0 Å². The number of aryl methyl sites for hydroxylation is 2. The highest BCUT2D eigenvalue weighted by molar-refractivity contribution is 7.09. The van der Waals surface area contributed by atoms with Gasteiger partial charge in [0.05, 0.1) is 0 Å². The predicted octanol–water partition coefficient (Wildman–Crippen LogP) is 4.98. The van der Waals surface area contributed by atoms with Crippen molar-refractivity contribution in [1.29, 1.82) is 0 Å². The maximum absolute atomic E-state index is 3.63. The minimum Gasteiger partial charge on any atom is -0.310 e. The van der Waals surface area contributed by atoms with Gasteiger partial charge in [0.2, 0.25) is 0 Å². The van der Waals surface area contributed by atoms with Gasteiger partial charge in [0.25, 0.3) is 0 Å². The molecule has 0 radical (unpaired) electrons. The van der Waals surface area contributed by atoms with Crippen LogP contribution in [0.2, 0.25) is 0 Å². The third kappa shape index (κ3) is 4.46. The van der Waals surface area contributed by atoms with Crippen LogP contribution in [0, 0.1) is 0 Å². The minimum absolute atomic E-state index is 0.492. The highest BCUT2D eigenvalue weighted by Crippen LogP contribution is 2.22. The first-order valence-corrected chi connectivity index (χ1v) is 8.56. The van der Waals surface area contributed by atoms with Gasteiger partial charge in [0, 0.05) is 10.9 Å². The Labute approximate surface area is 127 Å². The molecule has 0 aliphatic rings. The van der Waals surface area contributed by atoms with Gasteiger partial charge in [-0.3, -0.25) is 0 Å². The summed E-state index contributed by atoms with van der Waals surface area (Å²) in [6, 6.07) is 13.9. The van der Waals surface area contributed by atoms with Crippen molar-refractivity contribution >= 4 is 11.3 Å². The molecular formula is C18H25NS. The molecule has 0 saturated heterocycles. The Morgan fingerprint density at radius 2 is 2.05 bits per heavy atom. The molecule has 1 unspecified atom stereocenters. The molecular weight excluding hydrogens is 262 g/mol. The van der Waals surface area contributed by atoms with Gasteiger partial charge in [0.1, 0.15) is 0 Å². The molecule has 2 aromatic rings. The Bertz CT molecular complexity index is 490. The molecule has 108 valence electrons. The molecule has 2 heteroatoms. The van der Waals surface area contributed by atoms with Gasteiger partial charge in [-0.25, -0.2) is 0 Å². The van der Waals surface area contributed by atoms with Crippen molar-refractivity contribution in [2.45, 2.75) is 45.6 Å². The summed E-state index contributed by atoms with van der Waals surface area (Å²) in [5, 5.41) is 5.80. The van der Waals surface area contributed by atoms with Gasteiger partial charge < -0.3 is 5.32 Å². The first-order chi connectivity index (χ1) is 9.83. The van der Waals surface area contributed by atoms with Gasteiger partial charge in [-0.1, -0.05) is 44.2 Å². The number of benzene rings is 1. The van der Waals surface area contributed by atoms with Crippen molar-refractivity contribution in [3.63, 3.8) is 0 Å². The van der Waals surface area contributed by atoms with Gasteiger partial charge in [-0.05, 0) is 54.8 Å². The Hall–Kier alpha value is -1.12. The van der Waals surface area contributed by atoms with Crippen LogP contribution >= 0.6 is 11.3 Å². The van der Waals surface area contributed by atoms with E-state index in [1.807, 2.05) is 11.3 Å². The summed E-state index contributed by atoms with van der Waals surface area (Å²) in [4.78, 5) is 1.50. The fourth-order valence-corrected chi connectivity index (χ4v) is 3.35. The zero-order chi connectivity index (χ0) is 14.2. The van der Waals surface area contributed by atoms with Gasteiger partial charge in [-0.15, -0.1) is 11.3 Å². The van der Waals surface area contributed by atoms with Crippen molar-refractivity contribution in [3.05, 3.63) is 57.8 Å². The van der Waals surface area contributed by atoms with E-state index < -0.39 is 0 Å². The van der Waals surface area contributed by atoms with Gasteiger partial charge in [0.15, 0.2) is 0 Å². The zero-order valence-corrected chi connectivity index (χ0v) is 13.4. The smallest absolute Gasteiger partial charge is 0.0320 e. The Kier molecular flexibility index (Phi) is 6.28. The van der Waals surface area contributed by atoms with Crippen molar-refractivity contribution in [2.75, 3.05) is 6.54 Å². The van der Waals surface area contributed by atoms with E-state index in [1.54, 1.807) is 0 Å². The third-order valence-corrected chi connectivity index (χ3v) is 4.64. The van der Waals surface area contributed by atoms with Crippen molar-refractivity contribution < 1.29 is 0 Å². The molecule has 0 bridgehead atoms. The Morgan fingerprint density at radius 1 is 1.15 bits per heavy atom. The lowest BCUT2D eigenvalue weighted by molar-refractivity contribution is 0.498. The molecule has 1 heterocycles. The molecule has 0 aliphatic heterocycles. The summed E-state index contributed by atoms with van der Waals surface area (Å²) in [5.41, 5.74) is 2.88. The predicted molar refractivity (Wildman–Crippen MR) is 89.5 cm³/mol. The molecule has 0 amide bonds. The zero-order valence-electron chi connectivity index (χ0n) is 12.6. The number of nitrogens with one attached hydrogen (secondary N) is 1. The third-order valence-electron chi connectivity index (χ3n) is 3.71. The SMILES string of the molecule is CCNC(CCCc1cccs1)c1cccc(CC)c1. The van der Waals surface area contributed by atoms with Crippen LogP contribution in [0.15, 0.2) is 41.8 Å². The van der Waals surface area contributed by atoms with Crippen LogP contribution < -0.4 is 5.32 Å². The molecule has 0 aliphatic carbocycles. The first kappa shape index (κ1) is 15.3. The molecule has 0 saturated carbocycles. The average Bonchev–Trinajstić information content (AvgIpc) is 3.00. The highest BCUT2D eigenvalue weighted by Gasteiger charge is 2.10. The van der Waals surface area contributed by atoms with E-state index >= 15 is 0 Å². The summed E-state index contributed by atoms with van der Waals surface area (Å²) in [7, 11) is 0. The lowest BCUT2D eigenvalue weighted by Gasteiger charge is -2.19. The summed E-state index contributed by atoms with van der Waals surface area (Å²) in [5.74, 6) is 0. The number of hydrogen-bond donors (Lipinski definition) is 1. The largest absolute Gasteiger partial charge is 0.310 e.